The summed E-state index contributed by atoms with van der Waals surface area (Å²) in [4.78, 5) is 0. The molecule has 0 amide bonds. The maximum atomic E-state index is 5.86. The van der Waals surface area contributed by atoms with E-state index in [0.717, 1.165) is 18.7 Å². The number of ether oxygens (including phenoxy) is 1. The fraction of sp³-hybridized carbons (Fsp3) is 0.182. The van der Waals surface area contributed by atoms with E-state index in [1.54, 1.807) is 0 Å². The minimum atomic E-state index is 0.602. The molecule has 0 unspecified atom stereocenters. The van der Waals surface area contributed by atoms with Crippen LogP contribution in [-0.2, 0) is 13.0 Å². The summed E-state index contributed by atoms with van der Waals surface area (Å²) in [6, 6.07) is 25.3. The van der Waals surface area contributed by atoms with E-state index in [-0.39, 0.29) is 0 Å². The molecule has 0 spiro atoms. The third-order valence-electron chi connectivity index (χ3n) is 4.48. The smallest absolute Gasteiger partial charge is 0.119 e. The van der Waals surface area contributed by atoms with Gasteiger partial charge in [0.1, 0.15) is 12.4 Å². The highest BCUT2D eigenvalue weighted by atomic mass is 16.5. The van der Waals surface area contributed by atoms with Crippen LogP contribution in [0.15, 0.2) is 72.8 Å². The first-order valence-corrected chi connectivity index (χ1v) is 8.52. The van der Waals surface area contributed by atoms with E-state index in [4.69, 9.17) is 4.74 Å². The topological polar surface area (TPSA) is 21.3 Å². The maximum absolute atomic E-state index is 5.86. The lowest BCUT2D eigenvalue weighted by atomic mass is 9.97. The van der Waals surface area contributed by atoms with Crippen LogP contribution in [0.1, 0.15) is 17.5 Å². The van der Waals surface area contributed by atoms with Gasteiger partial charge in [-0.1, -0.05) is 48.5 Å². The van der Waals surface area contributed by atoms with Crippen molar-refractivity contribution in [1.29, 1.82) is 0 Å². The van der Waals surface area contributed by atoms with Gasteiger partial charge >= 0.3 is 0 Å². The zero-order valence-electron chi connectivity index (χ0n) is 13.7. The van der Waals surface area contributed by atoms with Gasteiger partial charge < -0.3 is 10.1 Å². The number of hydrogen-bond donors (Lipinski definition) is 1. The van der Waals surface area contributed by atoms with Gasteiger partial charge in [0.2, 0.25) is 0 Å². The van der Waals surface area contributed by atoms with Crippen molar-refractivity contribution >= 4 is 5.69 Å². The van der Waals surface area contributed by atoms with Crippen LogP contribution < -0.4 is 10.1 Å². The molecule has 1 aliphatic rings. The predicted octanol–water partition coefficient (Wildman–Crippen LogP) is 5.29. The van der Waals surface area contributed by atoms with Gasteiger partial charge in [-0.2, -0.15) is 0 Å². The SMILES string of the molecule is c1ccc(COc2ccc(-c3ccc4c(c3)CCCN4)cc2)cc1. The average Bonchev–Trinajstić information content (AvgIpc) is 2.67. The standard InChI is InChI=1S/C22H21NO/c1-2-5-17(6-3-1)16-24-21-11-8-18(9-12-21)19-10-13-22-20(15-19)7-4-14-23-22/h1-3,5-6,8-13,15,23H,4,7,14,16H2. The number of nitrogens with one attached hydrogen (secondary N) is 1. The Morgan fingerprint density at radius 3 is 2.46 bits per heavy atom. The molecule has 1 aliphatic heterocycles. The predicted molar refractivity (Wildman–Crippen MR) is 99.5 cm³/mol. The van der Waals surface area contributed by atoms with Crippen molar-refractivity contribution in [2.75, 3.05) is 11.9 Å². The lowest BCUT2D eigenvalue weighted by Gasteiger charge is -2.18. The van der Waals surface area contributed by atoms with Crippen LogP contribution in [0.2, 0.25) is 0 Å². The Labute approximate surface area is 143 Å². The summed E-state index contributed by atoms with van der Waals surface area (Å²) in [6.07, 6.45) is 2.37. The summed E-state index contributed by atoms with van der Waals surface area (Å²) in [5.74, 6) is 0.905. The fourth-order valence-corrected chi connectivity index (χ4v) is 3.14. The van der Waals surface area contributed by atoms with Gasteiger partial charge in [0.15, 0.2) is 0 Å². The molecule has 0 saturated carbocycles. The quantitative estimate of drug-likeness (QED) is 0.706. The number of benzene rings is 3. The summed E-state index contributed by atoms with van der Waals surface area (Å²) >= 11 is 0. The minimum absolute atomic E-state index is 0.602. The zero-order chi connectivity index (χ0) is 16.2. The molecule has 3 aromatic rings. The lowest BCUT2D eigenvalue weighted by Crippen LogP contribution is -2.11. The van der Waals surface area contributed by atoms with Crippen LogP contribution in [0.3, 0.4) is 0 Å². The summed E-state index contributed by atoms with van der Waals surface area (Å²) in [6.45, 7) is 1.69. The normalized spacial score (nSPS) is 13.0. The highest BCUT2D eigenvalue weighted by molar-refractivity contribution is 5.69. The van der Waals surface area contributed by atoms with E-state index in [2.05, 4.69) is 59.9 Å². The zero-order valence-corrected chi connectivity index (χ0v) is 13.7. The van der Waals surface area contributed by atoms with Crippen molar-refractivity contribution in [2.24, 2.45) is 0 Å². The highest BCUT2D eigenvalue weighted by Crippen LogP contribution is 2.29. The first kappa shape index (κ1) is 14.8. The second kappa shape index (κ2) is 6.79. The van der Waals surface area contributed by atoms with Gasteiger partial charge in [-0.3, -0.25) is 0 Å². The second-order valence-electron chi connectivity index (χ2n) is 6.20. The van der Waals surface area contributed by atoms with Crippen molar-refractivity contribution in [3.63, 3.8) is 0 Å². The summed E-state index contributed by atoms with van der Waals surface area (Å²) in [7, 11) is 0. The largest absolute Gasteiger partial charge is 0.489 e. The summed E-state index contributed by atoms with van der Waals surface area (Å²) in [5.41, 5.74) is 6.39. The molecule has 24 heavy (non-hydrogen) atoms. The van der Waals surface area contributed by atoms with E-state index >= 15 is 0 Å². The van der Waals surface area contributed by atoms with Gasteiger partial charge in [0.05, 0.1) is 0 Å². The van der Waals surface area contributed by atoms with Gasteiger partial charge in [-0.25, -0.2) is 0 Å². The minimum Gasteiger partial charge on any atom is -0.489 e. The number of hydrogen-bond acceptors (Lipinski definition) is 2. The van der Waals surface area contributed by atoms with Crippen LogP contribution >= 0.6 is 0 Å². The molecule has 2 heteroatoms. The molecular formula is C22H21NO. The summed E-state index contributed by atoms with van der Waals surface area (Å²) < 4.78 is 5.86. The van der Waals surface area contributed by atoms with Crippen molar-refractivity contribution in [2.45, 2.75) is 19.4 Å². The lowest BCUT2D eigenvalue weighted by molar-refractivity contribution is 0.306. The van der Waals surface area contributed by atoms with Crippen molar-refractivity contribution < 1.29 is 4.74 Å². The van der Waals surface area contributed by atoms with E-state index in [0.29, 0.717) is 6.61 Å². The fourth-order valence-electron chi connectivity index (χ4n) is 3.14. The van der Waals surface area contributed by atoms with Crippen LogP contribution in [-0.4, -0.2) is 6.54 Å². The van der Waals surface area contributed by atoms with Gasteiger partial charge in [-0.05, 0) is 59.4 Å². The number of rotatable bonds is 4. The molecule has 0 radical (unpaired) electrons. The summed E-state index contributed by atoms with van der Waals surface area (Å²) in [5, 5.41) is 3.46. The van der Waals surface area contributed by atoms with Crippen LogP contribution in [0, 0.1) is 0 Å². The molecule has 0 aromatic heterocycles. The van der Waals surface area contributed by atoms with E-state index in [1.807, 2.05) is 18.2 Å². The Bertz CT molecular complexity index is 809. The van der Waals surface area contributed by atoms with Gasteiger partial charge in [0, 0.05) is 12.2 Å². The molecule has 3 aromatic carbocycles. The molecule has 2 nitrogen and oxygen atoms in total. The Kier molecular flexibility index (Phi) is 4.20. The molecule has 0 saturated heterocycles. The second-order valence-corrected chi connectivity index (χ2v) is 6.20. The average molecular weight is 315 g/mol. The molecule has 120 valence electrons. The van der Waals surface area contributed by atoms with Crippen molar-refractivity contribution in [3.05, 3.63) is 83.9 Å². The Morgan fingerprint density at radius 2 is 1.62 bits per heavy atom. The molecule has 1 N–H and O–H groups in total. The van der Waals surface area contributed by atoms with E-state index in [1.165, 1.54) is 34.4 Å². The Morgan fingerprint density at radius 1 is 0.833 bits per heavy atom. The molecule has 0 atom stereocenters. The van der Waals surface area contributed by atoms with Crippen molar-refractivity contribution in [3.8, 4) is 16.9 Å². The third-order valence-corrected chi connectivity index (χ3v) is 4.48. The number of fused-ring (bicyclic) bond motifs is 1. The first-order chi connectivity index (χ1) is 11.9. The van der Waals surface area contributed by atoms with E-state index < -0.39 is 0 Å². The molecule has 1 heterocycles. The Balaban J connectivity index is 1.47. The van der Waals surface area contributed by atoms with Crippen LogP contribution in [0.5, 0.6) is 5.75 Å². The third kappa shape index (κ3) is 3.28. The van der Waals surface area contributed by atoms with Crippen LogP contribution in [0.25, 0.3) is 11.1 Å². The Hall–Kier alpha value is -2.74. The van der Waals surface area contributed by atoms with Crippen molar-refractivity contribution in [1.82, 2.24) is 0 Å². The van der Waals surface area contributed by atoms with Crippen LogP contribution in [0.4, 0.5) is 5.69 Å². The highest BCUT2D eigenvalue weighted by Gasteiger charge is 2.09. The molecule has 4 rings (SSSR count). The van der Waals surface area contributed by atoms with Gasteiger partial charge in [-0.15, -0.1) is 0 Å². The molecule has 0 fully saturated rings. The monoisotopic (exact) mass is 315 g/mol. The van der Waals surface area contributed by atoms with Gasteiger partial charge in [0.25, 0.3) is 0 Å². The molecule has 0 aliphatic carbocycles. The maximum Gasteiger partial charge on any atom is 0.119 e. The number of anilines is 1. The molecule has 0 bridgehead atoms. The molecular weight excluding hydrogens is 294 g/mol. The number of aryl methyl sites for hydroxylation is 1. The first-order valence-electron chi connectivity index (χ1n) is 8.52. The van der Waals surface area contributed by atoms with E-state index in [9.17, 15) is 0 Å².